The molecule has 1 amide bonds. The van der Waals surface area contributed by atoms with Gasteiger partial charge >= 0.3 is 0 Å². The van der Waals surface area contributed by atoms with Gasteiger partial charge in [-0.25, -0.2) is 0 Å². The molecule has 2 aromatic carbocycles. The van der Waals surface area contributed by atoms with Crippen LogP contribution in [-0.2, 0) is 14.3 Å². The topological polar surface area (TPSA) is 76.1 Å². The molecule has 0 bridgehead atoms. The predicted molar refractivity (Wildman–Crippen MR) is 121 cm³/mol. The second-order valence-electron chi connectivity index (χ2n) is 8.37. The average Bonchev–Trinajstić information content (AvgIpc) is 3.40. The van der Waals surface area contributed by atoms with Crippen molar-refractivity contribution in [2.45, 2.75) is 45.3 Å². The number of ketones is 1. The van der Waals surface area contributed by atoms with Crippen molar-refractivity contribution < 1.29 is 24.2 Å². The third kappa shape index (κ3) is 4.41. The van der Waals surface area contributed by atoms with Gasteiger partial charge in [-0.05, 0) is 43.9 Å². The number of hydrogen-bond donors (Lipinski definition) is 1. The van der Waals surface area contributed by atoms with Gasteiger partial charge in [0.2, 0.25) is 0 Å². The van der Waals surface area contributed by atoms with Gasteiger partial charge < -0.3 is 19.5 Å². The molecule has 2 aromatic rings. The Balaban J connectivity index is 1.75. The average molecular weight is 436 g/mol. The van der Waals surface area contributed by atoms with E-state index >= 15 is 0 Å². The fourth-order valence-electron chi connectivity index (χ4n) is 4.26. The Morgan fingerprint density at radius 2 is 1.84 bits per heavy atom. The van der Waals surface area contributed by atoms with Crippen molar-refractivity contribution in [1.82, 2.24) is 4.90 Å². The number of benzene rings is 2. The second-order valence-corrected chi connectivity index (χ2v) is 8.37. The first kappa shape index (κ1) is 22.1. The molecule has 0 spiro atoms. The molecule has 0 aromatic heterocycles. The molecule has 6 nitrogen and oxygen atoms in total. The van der Waals surface area contributed by atoms with E-state index < -0.39 is 17.7 Å². The summed E-state index contributed by atoms with van der Waals surface area (Å²) >= 11 is 0. The molecule has 4 rings (SSSR count). The summed E-state index contributed by atoms with van der Waals surface area (Å²) in [6.45, 7) is 5.58. The maximum Gasteiger partial charge on any atom is 0.295 e. The molecule has 2 unspecified atom stereocenters. The van der Waals surface area contributed by atoms with Crippen molar-refractivity contribution in [2.75, 3.05) is 19.8 Å². The molecule has 0 saturated carbocycles. The first-order chi connectivity index (χ1) is 15.5. The number of carbonyl (C=O) groups excluding carboxylic acids is 2. The van der Waals surface area contributed by atoms with E-state index in [1.807, 2.05) is 50.2 Å². The lowest BCUT2D eigenvalue weighted by Crippen LogP contribution is -2.36. The molecule has 168 valence electrons. The number of aryl methyl sites for hydroxylation is 1. The molecule has 2 fully saturated rings. The fourth-order valence-corrected chi connectivity index (χ4v) is 4.26. The smallest absolute Gasteiger partial charge is 0.295 e. The summed E-state index contributed by atoms with van der Waals surface area (Å²) in [6.07, 6.45) is 2.57. The quantitative estimate of drug-likeness (QED) is 0.397. The minimum absolute atomic E-state index is 0.109. The van der Waals surface area contributed by atoms with Crippen molar-refractivity contribution in [3.8, 4) is 5.75 Å². The highest BCUT2D eigenvalue weighted by atomic mass is 16.5. The molecule has 2 heterocycles. The Labute approximate surface area is 188 Å². The fraction of sp³-hybridized carbons (Fsp3) is 0.385. The van der Waals surface area contributed by atoms with Gasteiger partial charge in [0.15, 0.2) is 0 Å². The minimum Gasteiger partial charge on any atom is -0.507 e. The standard InChI is InChI=1S/C26H29NO5/c1-3-14-31-20-12-10-18(11-13-20)23-22(24(28)19-8-6-17(2)7-9-19)25(29)26(30)27(23)16-21-5-4-15-32-21/h6-13,21,23,28H,3-5,14-16H2,1-2H3. The molecule has 6 heteroatoms. The van der Waals surface area contributed by atoms with Crippen molar-refractivity contribution >= 4 is 17.4 Å². The van der Waals surface area contributed by atoms with Crippen molar-refractivity contribution in [3.05, 3.63) is 70.8 Å². The minimum atomic E-state index is -0.680. The zero-order chi connectivity index (χ0) is 22.7. The normalized spacial score (nSPS) is 22.5. The summed E-state index contributed by atoms with van der Waals surface area (Å²) < 4.78 is 11.4. The second kappa shape index (κ2) is 9.57. The molecular formula is C26H29NO5. The van der Waals surface area contributed by atoms with E-state index in [1.165, 1.54) is 0 Å². The Morgan fingerprint density at radius 1 is 1.12 bits per heavy atom. The third-order valence-corrected chi connectivity index (χ3v) is 5.96. The van der Waals surface area contributed by atoms with Gasteiger partial charge in [-0.3, -0.25) is 9.59 Å². The first-order valence-electron chi connectivity index (χ1n) is 11.2. The number of rotatable bonds is 7. The van der Waals surface area contributed by atoms with Crippen LogP contribution in [0, 0.1) is 6.92 Å². The van der Waals surface area contributed by atoms with Crippen molar-refractivity contribution in [3.63, 3.8) is 0 Å². The van der Waals surface area contributed by atoms with E-state index in [4.69, 9.17) is 9.47 Å². The van der Waals surface area contributed by atoms with E-state index in [0.29, 0.717) is 25.3 Å². The zero-order valence-corrected chi connectivity index (χ0v) is 18.5. The van der Waals surface area contributed by atoms with Crippen LogP contribution >= 0.6 is 0 Å². The predicted octanol–water partition coefficient (Wildman–Crippen LogP) is 4.38. The number of aliphatic hydroxyl groups is 1. The number of ether oxygens (including phenoxy) is 2. The molecule has 2 aliphatic rings. The van der Waals surface area contributed by atoms with Crippen LogP contribution in [0.4, 0.5) is 0 Å². The summed E-state index contributed by atoms with van der Waals surface area (Å²) in [7, 11) is 0. The summed E-state index contributed by atoms with van der Waals surface area (Å²) in [5, 5.41) is 11.1. The molecule has 0 radical (unpaired) electrons. The number of hydrogen-bond acceptors (Lipinski definition) is 5. The largest absolute Gasteiger partial charge is 0.507 e. The Bertz CT molecular complexity index is 1000. The van der Waals surface area contributed by atoms with Crippen molar-refractivity contribution in [2.24, 2.45) is 0 Å². The lowest BCUT2D eigenvalue weighted by atomic mass is 9.95. The summed E-state index contributed by atoms with van der Waals surface area (Å²) in [5.41, 5.74) is 2.41. The number of nitrogens with zero attached hydrogens (tertiary/aromatic N) is 1. The maximum absolute atomic E-state index is 13.1. The highest BCUT2D eigenvalue weighted by Crippen LogP contribution is 2.40. The summed E-state index contributed by atoms with van der Waals surface area (Å²) in [4.78, 5) is 27.7. The van der Waals surface area contributed by atoms with E-state index in [2.05, 4.69) is 0 Å². The maximum atomic E-state index is 13.1. The SMILES string of the molecule is CCCOc1ccc(C2C(=C(O)c3ccc(C)cc3)C(=O)C(=O)N2CC2CCCO2)cc1. The van der Waals surface area contributed by atoms with Crippen LogP contribution in [0.5, 0.6) is 5.75 Å². The van der Waals surface area contributed by atoms with Crippen LogP contribution in [0.2, 0.25) is 0 Å². The monoisotopic (exact) mass is 435 g/mol. The Hall–Kier alpha value is -3.12. The molecule has 2 atom stereocenters. The first-order valence-corrected chi connectivity index (χ1v) is 11.2. The van der Waals surface area contributed by atoms with Gasteiger partial charge in [0.05, 0.1) is 24.3 Å². The van der Waals surface area contributed by atoms with Crippen LogP contribution in [0.25, 0.3) is 5.76 Å². The number of Topliss-reactive ketones (excluding diaryl/α,β-unsaturated/α-hetero) is 1. The Morgan fingerprint density at radius 3 is 2.47 bits per heavy atom. The molecule has 1 N–H and O–H groups in total. The zero-order valence-electron chi connectivity index (χ0n) is 18.5. The van der Waals surface area contributed by atoms with Crippen LogP contribution < -0.4 is 4.74 Å². The van der Waals surface area contributed by atoms with Gasteiger partial charge in [0.1, 0.15) is 11.5 Å². The van der Waals surface area contributed by atoms with Gasteiger partial charge in [-0.15, -0.1) is 0 Å². The van der Waals surface area contributed by atoms with Crippen LogP contribution in [-0.4, -0.2) is 47.6 Å². The molecule has 2 aliphatic heterocycles. The van der Waals surface area contributed by atoms with E-state index in [1.54, 1.807) is 17.0 Å². The molecule has 2 saturated heterocycles. The highest BCUT2D eigenvalue weighted by Gasteiger charge is 2.47. The number of likely N-dealkylation sites (tertiary alicyclic amines) is 1. The van der Waals surface area contributed by atoms with Gasteiger partial charge in [-0.1, -0.05) is 48.9 Å². The van der Waals surface area contributed by atoms with E-state index in [0.717, 1.165) is 36.1 Å². The van der Waals surface area contributed by atoms with Gasteiger partial charge in [0, 0.05) is 18.7 Å². The lowest BCUT2D eigenvalue weighted by Gasteiger charge is -2.27. The summed E-state index contributed by atoms with van der Waals surface area (Å²) in [5.74, 6) is -0.706. The van der Waals surface area contributed by atoms with Crippen molar-refractivity contribution in [1.29, 1.82) is 0 Å². The summed E-state index contributed by atoms with van der Waals surface area (Å²) in [6, 6.07) is 14.0. The van der Waals surface area contributed by atoms with E-state index in [9.17, 15) is 14.7 Å². The lowest BCUT2D eigenvalue weighted by molar-refractivity contribution is -0.140. The molecular weight excluding hydrogens is 406 g/mol. The molecule has 32 heavy (non-hydrogen) atoms. The van der Waals surface area contributed by atoms with Gasteiger partial charge in [0.25, 0.3) is 11.7 Å². The van der Waals surface area contributed by atoms with Crippen LogP contribution in [0.3, 0.4) is 0 Å². The number of aliphatic hydroxyl groups excluding tert-OH is 1. The number of carbonyl (C=O) groups is 2. The Kier molecular flexibility index (Phi) is 6.61. The van der Waals surface area contributed by atoms with Crippen LogP contribution in [0.1, 0.15) is 48.9 Å². The van der Waals surface area contributed by atoms with Crippen LogP contribution in [0.15, 0.2) is 54.1 Å². The third-order valence-electron chi connectivity index (χ3n) is 5.96. The van der Waals surface area contributed by atoms with Gasteiger partial charge in [-0.2, -0.15) is 0 Å². The number of amides is 1. The highest BCUT2D eigenvalue weighted by molar-refractivity contribution is 6.46. The molecule has 0 aliphatic carbocycles. The van der Waals surface area contributed by atoms with E-state index in [-0.39, 0.29) is 17.4 Å².